The van der Waals surface area contributed by atoms with Crippen LogP contribution in [0.3, 0.4) is 0 Å². The molecule has 1 aromatic carbocycles. The Morgan fingerprint density at radius 2 is 1.70 bits per heavy atom. The third-order valence-electron chi connectivity index (χ3n) is 5.14. The number of hydrogen-bond donors (Lipinski definition) is 1. The largest absolute Gasteiger partial charge is 0.355 e. The number of amides is 2. The van der Waals surface area contributed by atoms with E-state index in [1.54, 1.807) is 32.9 Å². The van der Waals surface area contributed by atoms with Crippen molar-refractivity contribution in [2.45, 2.75) is 32.1 Å². The van der Waals surface area contributed by atoms with Crippen LogP contribution >= 0.6 is 0 Å². The molecule has 1 heterocycles. The van der Waals surface area contributed by atoms with Crippen LogP contribution in [-0.4, -0.2) is 70.6 Å². The number of hydrogen-bond acceptors (Lipinski definition) is 6. The zero-order valence-electron chi connectivity index (χ0n) is 17.5. The molecule has 2 rings (SSSR count). The molecule has 1 aromatic rings. The quantitative estimate of drug-likeness (QED) is 0.548. The molecule has 11 heteroatoms. The average Bonchev–Trinajstić information content (AvgIpc) is 3.10. The minimum absolute atomic E-state index is 0.0115. The molecule has 0 bridgehead atoms. The van der Waals surface area contributed by atoms with Crippen LogP contribution in [0, 0.1) is 5.92 Å². The number of sulfone groups is 1. The maximum atomic E-state index is 12.6. The van der Waals surface area contributed by atoms with Crippen LogP contribution in [0.2, 0.25) is 0 Å². The summed E-state index contributed by atoms with van der Waals surface area (Å²) in [5.41, 5.74) is 0.516. The minimum atomic E-state index is -3.59. The Labute approximate surface area is 178 Å². The maximum Gasteiger partial charge on any atom is 0.243 e. The molecule has 30 heavy (non-hydrogen) atoms. The molecule has 0 aromatic heterocycles. The van der Waals surface area contributed by atoms with Gasteiger partial charge in [0.25, 0.3) is 0 Å². The molecule has 0 spiro atoms. The topological polar surface area (TPSA) is 121 Å². The van der Waals surface area contributed by atoms with E-state index in [2.05, 4.69) is 5.32 Å². The molecule has 1 aliphatic rings. The van der Waals surface area contributed by atoms with E-state index in [0.717, 1.165) is 0 Å². The zero-order chi connectivity index (χ0) is 22.5. The van der Waals surface area contributed by atoms with E-state index in [-0.39, 0.29) is 47.7 Å². The lowest BCUT2D eigenvalue weighted by atomic mass is 10.1. The highest BCUT2D eigenvalue weighted by molar-refractivity contribution is 7.91. The highest BCUT2D eigenvalue weighted by Crippen LogP contribution is 2.27. The van der Waals surface area contributed by atoms with Gasteiger partial charge in [0.05, 0.1) is 16.6 Å². The van der Waals surface area contributed by atoms with Crippen molar-refractivity contribution < 1.29 is 26.4 Å². The number of rotatable bonds is 10. The molecular formula is C19H29N3O6S2. The average molecular weight is 460 g/mol. The Morgan fingerprint density at radius 3 is 2.23 bits per heavy atom. The zero-order valence-corrected chi connectivity index (χ0v) is 19.1. The molecule has 0 saturated carbocycles. The van der Waals surface area contributed by atoms with Crippen molar-refractivity contribution in [1.82, 2.24) is 9.62 Å². The first-order chi connectivity index (χ1) is 14.1. The monoisotopic (exact) mass is 459 g/mol. The fourth-order valence-corrected chi connectivity index (χ4v) is 5.42. The highest BCUT2D eigenvalue weighted by atomic mass is 32.2. The summed E-state index contributed by atoms with van der Waals surface area (Å²) in [6, 6.07) is 6.03. The Bertz CT molecular complexity index is 970. The van der Waals surface area contributed by atoms with Crippen molar-refractivity contribution >= 4 is 37.4 Å². The van der Waals surface area contributed by atoms with E-state index < -0.39 is 25.8 Å². The van der Waals surface area contributed by atoms with Gasteiger partial charge in [-0.1, -0.05) is 20.8 Å². The molecule has 1 atom stereocenters. The second-order valence-electron chi connectivity index (χ2n) is 7.02. The molecule has 0 aliphatic carbocycles. The fraction of sp³-hybridized carbons (Fsp3) is 0.579. The molecule has 1 fully saturated rings. The first-order valence-corrected chi connectivity index (χ1v) is 13.2. The summed E-state index contributed by atoms with van der Waals surface area (Å²) in [6.07, 6.45) is 0.0197. The van der Waals surface area contributed by atoms with Gasteiger partial charge in [0.2, 0.25) is 21.8 Å². The summed E-state index contributed by atoms with van der Waals surface area (Å²) >= 11 is 0. The van der Waals surface area contributed by atoms with E-state index in [9.17, 15) is 26.4 Å². The number of nitrogens with zero attached hydrogens (tertiary/aromatic N) is 2. The van der Waals surface area contributed by atoms with Crippen LogP contribution in [0.25, 0.3) is 0 Å². The van der Waals surface area contributed by atoms with E-state index >= 15 is 0 Å². The predicted octanol–water partition coefficient (Wildman–Crippen LogP) is 0.621. The number of anilines is 1. The van der Waals surface area contributed by atoms with Crippen molar-refractivity contribution in [2.24, 2.45) is 5.92 Å². The van der Waals surface area contributed by atoms with Crippen molar-refractivity contribution in [3.8, 4) is 0 Å². The maximum absolute atomic E-state index is 12.6. The normalized spacial score (nSPS) is 17.5. The van der Waals surface area contributed by atoms with Gasteiger partial charge in [0.15, 0.2) is 9.84 Å². The van der Waals surface area contributed by atoms with Crippen molar-refractivity contribution in [1.29, 1.82) is 0 Å². The van der Waals surface area contributed by atoms with Crippen LogP contribution in [0.4, 0.5) is 5.69 Å². The van der Waals surface area contributed by atoms with Gasteiger partial charge in [-0.3, -0.25) is 9.59 Å². The first kappa shape index (κ1) is 24.3. The molecule has 1 saturated heterocycles. The number of carbonyl (C=O) groups is 2. The van der Waals surface area contributed by atoms with E-state index in [1.165, 1.54) is 21.3 Å². The predicted molar refractivity (Wildman–Crippen MR) is 114 cm³/mol. The third-order valence-corrected chi connectivity index (χ3v) is 8.91. The second kappa shape index (κ2) is 9.88. The molecule has 9 nitrogen and oxygen atoms in total. The molecule has 2 amide bonds. The summed E-state index contributed by atoms with van der Waals surface area (Å²) in [4.78, 5) is 26.3. The SMILES string of the molecule is CCN(CC)S(=O)(=O)c1ccc(N2CC(C(=O)NCCS(=O)(=O)CC)CC2=O)cc1. The van der Waals surface area contributed by atoms with Gasteiger partial charge in [-0.15, -0.1) is 0 Å². The Kier molecular flexibility index (Phi) is 8.00. The van der Waals surface area contributed by atoms with Gasteiger partial charge in [0, 0.05) is 44.0 Å². The Hall–Kier alpha value is -1.98. The number of nitrogens with one attached hydrogen (secondary N) is 1. The van der Waals surface area contributed by atoms with E-state index in [0.29, 0.717) is 18.8 Å². The van der Waals surface area contributed by atoms with Crippen LogP contribution in [0.1, 0.15) is 27.2 Å². The number of sulfonamides is 1. The summed E-state index contributed by atoms with van der Waals surface area (Å²) in [5.74, 6) is -1.31. The smallest absolute Gasteiger partial charge is 0.243 e. The van der Waals surface area contributed by atoms with Gasteiger partial charge in [-0.2, -0.15) is 4.31 Å². The Morgan fingerprint density at radius 1 is 1.10 bits per heavy atom. The van der Waals surface area contributed by atoms with Gasteiger partial charge in [-0.05, 0) is 24.3 Å². The summed E-state index contributed by atoms with van der Waals surface area (Å²) in [6.45, 7) is 5.97. The molecular weight excluding hydrogens is 430 g/mol. The molecule has 0 radical (unpaired) electrons. The van der Waals surface area contributed by atoms with Crippen LogP contribution in [0.15, 0.2) is 29.2 Å². The van der Waals surface area contributed by atoms with Gasteiger partial charge < -0.3 is 10.2 Å². The van der Waals surface area contributed by atoms with Gasteiger partial charge in [-0.25, -0.2) is 16.8 Å². The van der Waals surface area contributed by atoms with Gasteiger partial charge in [0.1, 0.15) is 0 Å². The standard InChI is InChI=1S/C19H29N3O6S2/c1-4-21(5-2)30(27,28)17-9-7-16(8-10-17)22-14-15(13-18(22)23)19(24)20-11-12-29(25,26)6-3/h7-10,15H,4-6,11-14H2,1-3H3,(H,20,24). The minimum Gasteiger partial charge on any atom is -0.355 e. The van der Waals surface area contributed by atoms with Crippen molar-refractivity contribution in [3.05, 3.63) is 24.3 Å². The lowest BCUT2D eigenvalue weighted by Gasteiger charge is -2.20. The summed E-state index contributed by atoms with van der Waals surface area (Å²) in [5, 5.41) is 2.58. The fourth-order valence-electron chi connectivity index (χ4n) is 3.26. The van der Waals surface area contributed by atoms with Crippen LogP contribution in [-0.2, 0) is 29.4 Å². The lowest BCUT2D eigenvalue weighted by molar-refractivity contribution is -0.126. The van der Waals surface area contributed by atoms with Crippen LogP contribution < -0.4 is 10.2 Å². The van der Waals surface area contributed by atoms with Crippen LogP contribution in [0.5, 0.6) is 0 Å². The number of carbonyl (C=O) groups excluding carboxylic acids is 2. The molecule has 1 aliphatic heterocycles. The van der Waals surface area contributed by atoms with Crippen molar-refractivity contribution in [2.75, 3.05) is 42.6 Å². The second-order valence-corrected chi connectivity index (χ2v) is 11.4. The number of benzene rings is 1. The highest BCUT2D eigenvalue weighted by Gasteiger charge is 2.35. The first-order valence-electron chi connectivity index (χ1n) is 9.94. The summed E-state index contributed by atoms with van der Waals surface area (Å²) in [7, 11) is -6.76. The Balaban J connectivity index is 2.04. The molecule has 168 valence electrons. The van der Waals surface area contributed by atoms with Crippen molar-refractivity contribution in [3.63, 3.8) is 0 Å². The van der Waals surface area contributed by atoms with E-state index in [1.807, 2.05) is 0 Å². The van der Waals surface area contributed by atoms with Gasteiger partial charge >= 0.3 is 0 Å². The molecule has 1 unspecified atom stereocenters. The van der Waals surface area contributed by atoms with E-state index in [4.69, 9.17) is 0 Å². The molecule has 1 N–H and O–H groups in total. The lowest BCUT2D eigenvalue weighted by Crippen LogP contribution is -2.36. The summed E-state index contributed by atoms with van der Waals surface area (Å²) < 4.78 is 49.5. The third kappa shape index (κ3) is 5.58.